The van der Waals surface area contributed by atoms with Crippen molar-refractivity contribution < 1.29 is 17.9 Å². The molecule has 0 bridgehead atoms. The van der Waals surface area contributed by atoms with Crippen LogP contribution in [0.3, 0.4) is 0 Å². The van der Waals surface area contributed by atoms with Crippen molar-refractivity contribution in [2.45, 2.75) is 18.2 Å². The third kappa shape index (κ3) is 5.26. The Labute approximate surface area is 121 Å². The van der Waals surface area contributed by atoms with Crippen LogP contribution >= 0.6 is 22.3 Å². The minimum absolute atomic E-state index is 0.00829. The van der Waals surface area contributed by atoms with Crippen LogP contribution in [0.4, 0.5) is 0 Å². The molecule has 8 heteroatoms. The molecule has 1 aromatic rings. The van der Waals surface area contributed by atoms with Gasteiger partial charge in [0.05, 0.1) is 0 Å². The van der Waals surface area contributed by atoms with Crippen LogP contribution < -0.4 is 10.1 Å². The summed E-state index contributed by atoms with van der Waals surface area (Å²) >= 11 is 5.70. The highest BCUT2D eigenvalue weighted by Gasteiger charge is 2.18. The van der Waals surface area contributed by atoms with Gasteiger partial charge in [-0.15, -0.1) is 0 Å². The van der Waals surface area contributed by atoms with Crippen LogP contribution in [0.15, 0.2) is 23.1 Å². The number of halogens is 2. The summed E-state index contributed by atoms with van der Waals surface area (Å²) in [6, 6.07) is 3.97. The maximum atomic E-state index is 11.4. The zero-order chi connectivity index (χ0) is 14.5. The Morgan fingerprint density at radius 2 is 2.11 bits per heavy atom. The molecule has 19 heavy (non-hydrogen) atoms. The van der Waals surface area contributed by atoms with Gasteiger partial charge < -0.3 is 10.1 Å². The molecule has 0 aromatic heterocycles. The fraction of sp³-hybridized carbons (Fsp3) is 0.364. The first-order chi connectivity index (χ1) is 8.84. The fourth-order valence-electron chi connectivity index (χ4n) is 1.25. The molecule has 0 fully saturated rings. The highest BCUT2D eigenvalue weighted by atomic mass is 35.7. The molecule has 0 aliphatic rings. The van der Waals surface area contributed by atoms with Crippen LogP contribution in [0.5, 0.6) is 5.75 Å². The van der Waals surface area contributed by atoms with Gasteiger partial charge in [0.15, 0.2) is 6.61 Å². The number of hydrogen-bond donors (Lipinski definition) is 1. The van der Waals surface area contributed by atoms with E-state index in [4.69, 9.17) is 27.0 Å². The van der Waals surface area contributed by atoms with E-state index in [2.05, 4.69) is 5.32 Å². The number of nitrogens with one attached hydrogen (secondary N) is 1. The van der Waals surface area contributed by atoms with Crippen molar-refractivity contribution in [3.05, 3.63) is 23.2 Å². The molecule has 1 amide bonds. The summed E-state index contributed by atoms with van der Waals surface area (Å²) in [7, 11) is 1.28. The van der Waals surface area contributed by atoms with Gasteiger partial charge >= 0.3 is 0 Å². The largest absolute Gasteiger partial charge is 0.482 e. The normalized spacial score (nSPS) is 11.1. The SMILES string of the molecule is CCCNC(=O)COc1ccc(Cl)cc1S(=O)(=O)Cl. The monoisotopic (exact) mass is 325 g/mol. The van der Waals surface area contributed by atoms with Crippen molar-refractivity contribution in [1.29, 1.82) is 0 Å². The van der Waals surface area contributed by atoms with E-state index in [9.17, 15) is 13.2 Å². The lowest BCUT2D eigenvalue weighted by Gasteiger charge is -2.10. The summed E-state index contributed by atoms with van der Waals surface area (Å²) < 4.78 is 27.8. The van der Waals surface area contributed by atoms with Gasteiger partial charge in [-0.1, -0.05) is 18.5 Å². The van der Waals surface area contributed by atoms with Gasteiger partial charge in [-0.2, -0.15) is 0 Å². The summed E-state index contributed by atoms with van der Waals surface area (Å²) in [5.74, 6) is -0.347. The molecular formula is C11H13Cl2NO4S. The molecule has 0 radical (unpaired) electrons. The minimum atomic E-state index is -3.99. The highest BCUT2D eigenvalue weighted by Crippen LogP contribution is 2.29. The first kappa shape index (κ1) is 16.1. The first-order valence-electron chi connectivity index (χ1n) is 5.48. The van der Waals surface area contributed by atoms with Crippen LogP contribution in [0.1, 0.15) is 13.3 Å². The topological polar surface area (TPSA) is 72.5 Å². The summed E-state index contributed by atoms with van der Waals surface area (Å²) in [5, 5.41) is 2.81. The lowest BCUT2D eigenvalue weighted by atomic mass is 10.3. The predicted molar refractivity (Wildman–Crippen MR) is 73.3 cm³/mol. The molecule has 0 saturated heterocycles. The van der Waals surface area contributed by atoms with Crippen molar-refractivity contribution in [2.24, 2.45) is 0 Å². The maximum Gasteiger partial charge on any atom is 0.265 e. The van der Waals surface area contributed by atoms with Gasteiger partial charge in [0.2, 0.25) is 0 Å². The van der Waals surface area contributed by atoms with E-state index in [1.807, 2.05) is 6.92 Å². The lowest BCUT2D eigenvalue weighted by Crippen LogP contribution is -2.29. The molecule has 1 rings (SSSR count). The molecule has 0 saturated carbocycles. The molecule has 0 aliphatic heterocycles. The summed E-state index contributed by atoms with van der Waals surface area (Å²) in [6.45, 7) is 2.16. The molecular weight excluding hydrogens is 313 g/mol. The number of rotatable bonds is 6. The van der Waals surface area contributed by atoms with Crippen LogP contribution in [-0.2, 0) is 13.8 Å². The third-order valence-corrected chi connectivity index (χ3v) is 3.68. The minimum Gasteiger partial charge on any atom is -0.482 e. The Morgan fingerprint density at radius 3 is 2.68 bits per heavy atom. The van der Waals surface area contributed by atoms with Crippen molar-refractivity contribution >= 4 is 37.2 Å². The Hall–Kier alpha value is -0.980. The van der Waals surface area contributed by atoms with Gasteiger partial charge in [-0.05, 0) is 24.6 Å². The molecule has 0 spiro atoms. The number of benzene rings is 1. The Morgan fingerprint density at radius 1 is 1.42 bits per heavy atom. The smallest absolute Gasteiger partial charge is 0.265 e. The fourth-order valence-corrected chi connectivity index (χ4v) is 2.48. The van der Waals surface area contributed by atoms with Crippen LogP contribution in [0.2, 0.25) is 5.02 Å². The second kappa shape index (κ2) is 6.98. The molecule has 1 N–H and O–H groups in total. The zero-order valence-corrected chi connectivity index (χ0v) is 12.5. The van der Waals surface area contributed by atoms with E-state index in [-0.39, 0.29) is 28.2 Å². The Balaban J connectivity index is 2.82. The van der Waals surface area contributed by atoms with Crippen LogP contribution in [0.25, 0.3) is 0 Å². The van der Waals surface area contributed by atoms with Crippen molar-refractivity contribution in [1.82, 2.24) is 5.32 Å². The van der Waals surface area contributed by atoms with E-state index in [0.29, 0.717) is 6.54 Å². The zero-order valence-electron chi connectivity index (χ0n) is 10.2. The predicted octanol–water partition coefficient (Wildman–Crippen LogP) is 2.17. The second-order valence-electron chi connectivity index (χ2n) is 3.67. The van der Waals surface area contributed by atoms with Gasteiger partial charge in [-0.25, -0.2) is 8.42 Å². The number of amides is 1. The number of hydrogen-bond acceptors (Lipinski definition) is 4. The van der Waals surface area contributed by atoms with Gasteiger partial charge in [0.1, 0.15) is 10.6 Å². The van der Waals surface area contributed by atoms with Crippen molar-refractivity contribution in [3.63, 3.8) is 0 Å². The highest BCUT2D eigenvalue weighted by molar-refractivity contribution is 8.13. The molecule has 5 nitrogen and oxygen atoms in total. The van der Waals surface area contributed by atoms with Crippen molar-refractivity contribution in [3.8, 4) is 5.75 Å². The Kier molecular flexibility index (Phi) is 5.90. The molecule has 1 aromatic carbocycles. The van der Waals surface area contributed by atoms with E-state index in [0.717, 1.165) is 6.42 Å². The summed E-state index contributed by atoms with van der Waals surface area (Å²) in [4.78, 5) is 11.1. The molecule has 0 heterocycles. The average molecular weight is 326 g/mol. The van der Waals surface area contributed by atoms with E-state index >= 15 is 0 Å². The van der Waals surface area contributed by atoms with E-state index in [1.165, 1.54) is 18.2 Å². The molecule has 106 valence electrons. The number of ether oxygens (including phenoxy) is 1. The summed E-state index contributed by atoms with van der Waals surface area (Å²) in [6.07, 6.45) is 0.800. The van der Waals surface area contributed by atoms with E-state index in [1.54, 1.807) is 0 Å². The number of carbonyl (C=O) groups excluding carboxylic acids is 1. The maximum absolute atomic E-state index is 11.4. The second-order valence-corrected chi connectivity index (χ2v) is 6.64. The van der Waals surface area contributed by atoms with Crippen molar-refractivity contribution in [2.75, 3.05) is 13.2 Å². The van der Waals surface area contributed by atoms with Crippen LogP contribution in [-0.4, -0.2) is 27.5 Å². The molecule has 0 unspecified atom stereocenters. The van der Waals surface area contributed by atoms with Crippen LogP contribution in [0, 0.1) is 0 Å². The standard InChI is InChI=1S/C11H13Cl2NO4S/c1-2-5-14-11(15)7-18-9-4-3-8(12)6-10(9)19(13,16)17/h3-4,6H,2,5,7H2,1H3,(H,14,15). The van der Waals surface area contributed by atoms with Gasteiger partial charge in [-0.3, -0.25) is 4.79 Å². The first-order valence-corrected chi connectivity index (χ1v) is 8.17. The Bertz CT molecular complexity index is 560. The summed E-state index contributed by atoms with van der Waals surface area (Å²) in [5.41, 5.74) is 0. The van der Waals surface area contributed by atoms with Gasteiger partial charge in [0.25, 0.3) is 15.0 Å². The third-order valence-electron chi connectivity index (χ3n) is 2.10. The lowest BCUT2D eigenvalue weighted by molar-refractivity contribution is -0.123. The quantitative estimate of drug-likeness (QED) is 0.813. The van der Waals surface area contributed by atoms with E-state index < -0.39 is 9.05 Å². The number of carbonyl (C=O) groups is 1. The molecule has 0 atom stereocenters. The molecule has 0 aliphatic carbocycles. The van der Waals surface area contributed by atoms with Gasteiger partial charge in [0, 0.05) is 22.2 Å². The average Bonchev–Trinajstić information content (AvgIpc) is 2.33.